The van der Waals surface area contributed by atoms with Crippen LogP contribution in [-0.4, -0.2) is 38.8 Å². The van der Waals surface area contributed by atoms with Crippen LogP contribution in [0.5, 0.6) is 11.5 Å². The first-order valence-corrected chi connectivity index (χ1v) is 6.99. The second-order valence-electron chi connectivity index (χ2n) is 5.04. The van der Waals surface area contributed by atoms with Crippen molar-refractivity contribution < 1.29 is 39.2 Å². The number of ether oxygens (including phenoxy) is 1. The van der Waals surface area contributed by atoms with Crippen LogP contribution in [0.2, 0.25) is 0 Å². The van der Waals surface area contributed by atoms with Crippen molar-refractivity contribution >= 4 is 29.6 Å². The number of allylic oxidation sites excluding steroid dienone is 2. The largest absolute Gasteiger partial charge is 0.504 e. The van der Waals surface area contributed by atoms with Gasteiger partial charge in [0.25, 0.3) is 0 Å². The van der Waals surface area contributed by atoms with Crippen molar-refractivity contribution in [2.24, 2.45) is 5.92 Å². The number of rotatable bonds is 3. The van der Waals surface area contributed by atoms with Gasteiger partial charge in [-0.15, -0.1) is 0 Å². The molecule has 1 heterocycles. The quantitative estimate of drug-likeness (QED) is 0.323. The van der Waals surface area contributed by atoms with Crippen LogP contribution >= 0.6 is 0 Å². The number of Topliss-reactive ketones (excluding diaryl/α,β-unsaturated/α-hetero) is 1. The molecule has 1 aromatic rings. The van der Waals surface area contributed by atoms with Gasteiger partial charge in [-0.3, -0.25) is 14.4 Å². The first-order valence-electron chi connectivity index (χ1n) is 6.99. The predicted octanol–water partition coefficient (Wildman–Crippen LogP) is 1.42. The average Bonchev–Trinajstić information content (AvgIpc) is 2.47. The molecule has 0 aromatic heterocycles. The molecule has 0 saturated heterocycles. The molecule has 2 rings (SSSR count). The van der Waals surface area contributed by atoms with Gasteiger partial charge < -0.3 is 20.1 Å². The summed E-state index contributed by atoms with van der Waals surface area (Å²) < 4.78 is 4.61. The molecule has 25 heavy (non-hydrogen) atoms. The van der Waals surface area contributed by atoms with Crippen molar-refractivity contribution in [1.82, 2.24) is 0 Å². The lowest BCUT2D eigenvalue weighted by Crippen LogP contribution is -2.33. The number of carboxylic acids is 1. The fraction of sp³-hybridized carbons (Fsp3) is 0.176. The topological polar surface area (TPSA) is 138 Å². The smallest absolute Gasteiger partial charge is 0.329 e. The minimum absolute atomic E-state index is 0.229. The van der Waals surface area contributed by atoms with Crippen LogP contribution in [0.25, 0.3) is 6.08 Å². The molecule has 3 N–H and O–H groups in total. The Balaban J connectivity index is 0.000000251. The second kappa shape index (κ2) is 8.44. The number of carbonyl (C=O) groups excluding carboxylic acids is 3. The number of hydrogen-bond acceptors (Lipinski definition) is 7. The molecule has 1 unspecified atom stereocenters. The van der Waals surface area contributed by atoms with E-state index in [-0.39, 0.29) is 17.3 Å². The van der Waals surface area contributed by atoms with Gasteiger partial charge in [-0.2, -0.15) is 0 Å². The second-order valence-corrected chi connectivity index (χ2v) is 5.04. The number of esters is 1. The van der Waals surface area contributed by atoms with Crippen molar-refractivity contribution in [2.45, 2.75) is 13.8 Å². The van der Waals surface area contributed by atoms with Crippen LogP contribution in [0.15, 0.2) is 36.1 Å². The molecule has 1 aromatic carbocycles. The van der Waals surface area contributed by atoms with Crippen molar-refractivity contribution in [3.05, 3.63) is 41.7 Å². The molecule has 0 radical (unpaired) electrons. The minimum Gasteiger partial charge on any atom is -0.504 e. The van der Waals surface area contributed by atoms with E-state index in [4.69, 9.17) is 15.3 Å². The number of benzene rings is 1. The third-order valence-electron chi connectivity index (χ3n) is 2.95. The van der Waals surface area contributed by atoms with E-state index in [2.05, 4.69) is 4.74 Å². The van der Waals surface area contributed by atoms with Crippen LogP contribution in [0, 0.1) is 5.92 Å². The van der Waals surface area contributed by atoms with E-state index < -0.39 is 29.4 Å². The summed E-state index contributed by atoms with van der Waals surface area (Å²) >= 11 is 0. The highest BCUT2D eigenvalue weighted by Gasteiger charge is 2.34. The van der Waals surface area contributed by atoms with Gasteiger partial charge in [0.2, 0.25) is 0 Å². The maximum Gasteiger partial charge on any atom is 0.329 e. The number of aromatic hydroxyl groups is 2. The molecule has 0 bridgehead atoms. The highest BCUT2D eigenvalue weighted by atomic mass is 16.5. The molecule has 0 amide bonds. The van der Waals surface area contributed by atoms with Gasteiger partial charge >= 0.3 is 11.9 Å². The van der Waals surface area contributed by atoms with E-state index in [9.17, 15) is 19.2 Å². The zero-order chi connectivity index (χ0) is 19.1. The van der Waals surface area contributed by atoms with E-state index in [0.717, 1.165) is 12.2 Å². The Morgan fingerprint density at radius 3 is 2.28 bits per heavy atom. The molecule has 1 aliphatic rings. The molecule has 0 saturated carbocycles. The Morgan fingerprint density at radius 1 is 1.16 bits per heavy atom. The molecule has 1 aliphatic heterocycles. The van der Waals surface area contributed by atoms with Crippen molar-refractivity contribution in [2.75, 3.05) is 0 Å². The van der Waals surface area contributed by atoms with Gasteiger partial charge in [-0.25, -0.2) is 4.79 Å². The number of phenols is 2. The lowest BCUT2D eigenvalue weighted by Gasteiger charge is -2.15. The number of hydrogen-bond donors (Lipinski definition) is 3. The molecule has 8 heteroatoms. The minimum atomic E-state index is -1.24. The fourth-order valence-corrected chi connectivity index (χ4v) is 1.82. The van der Waals surface area contributed by atoms with Crippen LogP contribution in [0.4, 0.5) is 0 Å². The Labute approximate surface area is 142 Å². The average molecular weight is 348 g/mol. The Kier molecular flexibility index (Phi) is 6.62. The Bertz CT molecular complexity index is 773. The Hall–Kier alpha value is -3.42. The fourth-order valence-electron chi connectivity index (χ4n) is 1.82. The first kappa shape index (κ1) is 19.6. The van der Waals surface area contributed by atoms with Crippen molar-refractivity contribution in [1.29, 1.82) is 0 Å². The van der Waals surface area contributed by atoms with Crippen LogP contribution in [0.3, 0.4) is 0 Å². The highest BCUT2D eigenvalue weighted by Crippen LogP contribution is 2.25. The normalized spacial score (nSPS) is 16.6. The van der Waals surface area contributed by atoms with Gasteiger partial charge in [0, 0.05) is 12.2 Å². The third kappa shape index (κ3) is 5.94. The van der Waals surface area contributed by atoms with Crippen LogP contribution in [0.1, 0.15) is 19.4 Å². The van der Waals surface area contributed by atoms with Crippen molar-refractivity contribution in [3.8, 4) is 11.5 Å². The van der Waals surface area contributed by atoms with Gasteiger partial charge in [-0.05, 0) is 37.6 Å². The number of cyclic esters (lactones) is 1. The molecule has 132 valence electrons. The van der Waals surface area contributed by atoms with E-state index in [1.165, 1.54) is 38.1 Å². The maximum atomic E-state index is 11.1. The molecule has 8 nitrogen and oxygen atoms in total. The summed E-state index contributed by atoms with van der Waals surface area (Å²) in [5.41, 5.74) is 0.512. The lowest BCUT2D eigenvalue weighted by atomic mass is 9.98. The predicted molar refractivity (Wildman–Crippen MR) is 85.5 cm³/mol. The summed E-state index contributed by atoms with van der Waals surface area (Å²) in [7, 11) is 0. The van der Waals surface area contributed by atoms with Crippen LogP contribution in [-0.2, 0) is 23.9 Å². The van der Waals surface area contributed by atoms with Crippen LogP contribution < -0.4 is 0 Å². The number of ketones is 2. The summed E-state index contributed by atoms with van der Waals surface area (Å²) in [6, 6.07) is 4.06. The first-order chi connectivity index (χ1) is 11.6. The summed E-state index contributed by atoms with van der Waals surface area (Å²) in [5.74, 6) is -4.30. The van der Waals surface area contributed by atoms with E-state index in [1.54, 1.807) is 0 Å². The Morgan fingerprint density at radius 2 is 1.80 bits per heavy atom. The summed E-state index contributed by atoms with van der Waals surface area (Å²) in [5, 5.41) is 26.3. The van der Waals surface area contributed by atoms with Gasteiger partial charge in [0.05, 0.1) is 0 Å². The molecular formula is C17H16O8. The van der Waals surface area contributed by atoms with E-state index in [0.29, 0.717) is 5.56 Å². The summed E-state index contributed by atoms with van der Waals surface area (Å²) in [6.07, 6.45) is 3.43. The van der Waals surface area contributed by atoms with E-state index >= 15 is 0 Å². The van der Waals surface area contributed by atoms with E-state index in [1.807, 2.05) is 0 Å². The summed E-state index contributed by atoms with van der Waals surface area (Å²) in [4.78, 5) is 42.9. The van der Waals surface area contributed by atoms with Gasteiger partial charge in [0.1, 0.15) is 5.76 Å². The molecule has 0 aliphatic carbocycles. The molecule has 1 atom stereocenters. The van der Waals surface area contributed by atoms with Gasteiger partial charge in [-0.1, -0.05) is 6.07 Å². The van der Waals surface area contributed by atoms with Crippen molar-refractivity contribution in [3.63, 3.8) is 0 Å². The number of carboxylic acid groups (broad SMARTS) is 1. The number of carbonyl (C=O) groups is 4. The monoisotopic (exact) mass is 348 g/mol. The highest BCUT2D eigenvalue weighted by molar-refractivity contribution is 6.21. The zero-order valence-electron chi connectivity index (χ0n) is 13.4. The van der Waals surface area contributed by atoms with Gasteiger partial charge in [0.15, 0.2) is 29.0 Å². The zero-order valence-corrected chi connectivity index (χ0v) is 13.4. The lowest BCUT2D eigenvalue weighted by molar-refractivity contribution is -0.152. The maximum absolute atomic E-state index is 11.1. The SMILES string of the molecule is CC(=O)C1C(=O)C=C(C)OC1=O.O=C(O)/C=C/c1ccc(O)c(O)c1. The standard InChI is InChI=1S/C9H8O4.C8H8O4/c10-7-3-1-6(5-8(7)11)2-4-9(12)13;1-4-3-6(10)7(5(2)9)8(11)12-4/h1-5,10-11H,(H,12,13);3,7H,1-2H3/b4-2+;. The molecular weight excluding hydrogens is 332 g/mol. The third-order valence-corrected chi connectivity index (χ3v) is 2.95. The summed E-state index contributed by atoms with van der Waals surface area (Å²) in [6.45, 7) is 2.68. The number of aliphatic carboxylic acids is 1. The number of phenolic OH excluding ortho intramolecular Hbond substituents is 2. The molecule has 0 spiro atoms. The molecule has 0 fully saturated rings.